The molecule has 0 aromatic heterocycles. The van der Waals surface area contributed by atoms with Crippen LogP contribution >= 0.6 is 0 Å². The number of rotatable bonds is 4. The Bertz CT molecular complexity index is 1190. The summed E-state index contributed by atoms with van der Waals surface area (Å²) in [5, 5.41) is 10.1. The highest BCUT2D eigenvalue weighted by Crippen LogP contribution is 2.43. The van der Waals surface area contributed by atoms with E-state index in [9.17, 15) is 13.7 Å². The molecule has 0 saturated carbocycles. The van der Waals surface area contributed by atoms with Crippen LogP contribution in [0.2, 0.25) is 0 Å². The third-order valence-electron chi connectivity index (χ3n) is 4.81. The second kappa shape index (κ2) is 6.66. The molecule has 0 saturated heterocycles. The van der Waals surface area contributed by atoms with Gasteiger partial charge in [-0.25, -0.2) is 0 Å². The van der Waals surface area contributed by atoms with E-state index in [1.54, 1.807) is 24.3 Å². The van der Waals surface area contributed by atoms with Gasteiger partial charge in [0.25, 0.3) is 10.0 Å². The number of benzene rings is 2. The number of para-hydroxylation sites is 2. The molecule has 28 heavy (non-hydrogen) atoms. The highest BCUT2D eigenvalue weighted by Gasteiger charge is 2.37. The number of hydrogen-bond acceptors (Lipinski definition) is 5. The minimum absolute atomic E-state index is 0.132. The molecule has 4 rings (SSSR count). The fraction of sp³-hybridized carbons (Fsp3) is 0.143. The average molecular weight is 390 g/mol. The quantitative estimate of drug-likeness (QED) is 0.590. The molecule has 6 nitrogen and oxygen atoms in total. The largest absolute Gasteiger partial charge is 0.325 e. The summed E-state index contributed by atoms with van der Waals surface area (Å²) in [7, 11) is -3.82. The fourth-order valence-electron chi connectivity index (χ4n) is 3.69. The molecule has 140 valence electrons. The van der Waals surface area contributed by atoms with Crippen molar-refractivity contribution < 1.29 is 8.42 Å². The predicted molar refractivity (Wildman–Crippen MR) is 110 cm³/mol. The van der Waals surface area contributed by atoms with Crippen molar-refractivity contribution in [2.45, 2.75) is 11.8 Å². The summed E-state index contributed by atoms with van der Waals surface area (Å²) in [6, 6.07) is 16.7. The van der Waals surface area contributed by atoms with Gasteiger partial charge in [0.1, 0.15) is 23.2 Å². The zero-order chi connectivity index (χ0) is 19.9. The van der Waals surface area contributed by atoms with E-state index in [4.69, 9.17) is 0 Å². The normalized spacial score (nSPS) is 18.2. The van der Waals surface area contributed by atoms with Gasteiger partial charge in [0.15, 0.2) is 0 Å². The van der Waals surface area contributed by atoms with Crippen LogP contribution in [0.25, 0.3) is 0 Å². The molecule has 7 heteroatoms. The molecule has 0 aliphatic carbocycles. The maximum Gasteiger partial charge on any atom is 0.283 e. The van der Waals surface area contributed by atoms with Crippen molar-refractivity contribution in [2.75, 3.05) is 22.9 Å². The third kappa shape index (κ3) is 2.53. The lowest BCUT2D eigenvalue weighted by Crippen LogP contribution is -2.31. The molecule has 0 fully saturated rings. The predicted octanol–water partition coefficient (Wildman–Crippen LogP) is 3.45. The van der Waals surface area contributed by atoms with Gasteiger partial charge in [0.2, 0.25) is 0 Å². The van der Waals surface area contributed by atoms with Gasteiger partial charge in [-0.3, -0.25) is 0 Å². The van der Waals surface area contributed by atoms with Crippen molar-refractivity contribution in [1.82, 2.24) is 0 Å². The summed E-state index contributed by atoms with van der Waals surface area (Å²) in [6.45, 7) is 6.92. The molecule has 2 aromatic carbocycles. The molecule has 0 atom stereocenters. The molecular weight excluding hydrogens is 372 g/mol. The Hall–Kier alpha value is -3.37. The van der Waals surface area contributed by atoms with Gasteiger partial charge in [-0.05, 0) is 25.1 Å². The lowest BCUT2D eigenvalue weighted by atomic mass is 10.0. The summed E-state index contributed by atoms with van der Waals surface area (Å²) in [4.78, 5) is 4.11. The fourth-order valence-corrected chi connectivity index (χ4v) is 4.91. The number of nitrogens with zero attached hydrogens (tertiary/aromatic N) is 4. The highest BCUT2D eigenvalue weighted by atomic mass is 32.2. The van der Waals surface area contributed by atoms with Crippen LogP contribution in [0.4, 0.5) is 11.4 Å². The molecule has 0 unspecified atom stereocenters. The van der Waals surface area contributed by atoms with Gasteiger partial charge in [-0.2, -0.15) is 18.1 Å². The summed E-state index contributed by atoms with van der Waals surface area (Å²) in [5.41, 5.74) is 2.78. The smallest absolute Gasteiger partial charge is 0.283 e. The van der Waals surface area contributed by atoms with E-state index in [2.05, 4.69) is 17.0 Å². The van der Waals surface area contributed by atoms with Gasteiger partial charge in [0, 0.05) is 18.7 Å². The van der Waals surface area contributed by atoms with Crippen molar-refractivity contribution in [1.29, 1.82) is 5.26 Å². The zero-order valence-corrected chi connectivity index (χ0v) is 16.1. The maximum atomic E-state index is 12.5. The van der Waals surface area contributed by atoms with Crippen molar-refractivity contribution in [2.24, 2.45) is 4.40 Å². The Morgan fingerprint density at radius 1 is 1.14 bits per heavy atom. The van der Waals surface area contributed by atoms with E-state index >= 15 is 0 Å². The van der Waals surface area contributed by atoms with Crippen molar-refractivity contribution >= 4 is 27.1 Å². The van der Waals surface area contributed by atoms with Gasteiger partial charge in [-0.15, -0.1) is 6.58 Å². The van der Waals surface area contributed by atoms with Gasteiger partial charge >= 0.3 is 0 Å². The third-order valence-corrected chi connectivity index (χ3v) is 6.14. The zero-order valence-electron chi connectivity index (χ0n) is 15.3. The standard InChI is InChI=1S/C21H18N4O2S/c1-3-13-25-18-11-7-6-10-17(18)24(4-2)21(25)16(14-22)20-15-9-5-8-12-19(15)28(26,27)23-20/h3,5-12H,1,4,13H2,2H3. The Morgan fingerprint density at radius 3 is 2.43 bits per heavy atom. The van der Waals surface area contributed by atoms with E-state index in [-0.39, 0.29) is 16.2 Å². The second-order valence-corrected chi connectivity index (χ2v) is 7.93. The summed E-state index contributed by atoms with van der Waals surface area (Å²) < 4.78 is 29.0. The van der Waals surface area contributed by atoms with Crippen LogP contribution in [0, 0.1) is 11.3 Å². The number of allylic oxidation sites excluding steroid dienone is 1. The summed E-state index contributed by atoms with van der Waals surface area (Å²) in [5.74, 6) is 0.622. The van der Waals surface area contributed by atoms with E-state index in [1.807, 2.05) is 41.0 Å². The first-order valence-electron chi connectivity index (χ1n) is 8.87. The highest BCUT2D eigenvalue weighted by molar-refractivity contribution is 7.90. The van der Waals surface area contributed by atoms with Crippen LogP contribution in [0.1, 0.15) is 12.5 Å². The molecule has 0 radical (unpaired) electrons. The molecule has 2 aliphatic heterocycles. The van der Waals surface area contributed by atoms with E-state index < -0.39 is 10.0 Å². The molecule has 0 bridgehead atoms. The number of sulfonamides is 1. The van der Waals surface area contributed by atoms with Crippen LogP contribution in [-0.4, -0.2) is 27.2 Å². The first-order valence-corrected chi connectivity index (χ1v) is 10.3. The van der Waals surface area contributed by atoms with Gasteiger partial charge in [0.05, 0.1) is 16.3 Å². The lowest BCUT2D eigenvalue weighted by molar-refractivity contribution is 0.599. The number of hydrogen-bond donors (Lipinski definition) is 0. The van der Waals surface area contributed by atoms with Crippen molar-refractivity contribution in [3.8, 4) is 6.07 Å². The van der Waals surface area contributed by atoms with Crippen LogP contribution in [-0.2, 0) is 10.0 Å². The Balaban J connectivity index is 2.01. The molecule has 2 aliphatic rings. The van der Waals surface area contributed by atoms with Crippen molar-refractivity contribution in [3.63, 3.8) is 0 Å². The molecule has 0 amide bonds. The van der Waals surface area contributed by atoms with Crippen LogP contribution in [0.3, 0.4) is 0 Å². The first kappa shape index (κ1) is 18.0. The number of fused-ring (bicyclic) bond motifs is 2. The SMILES string of the molecule is C=CCN1C(=C(C#N)C2=NS(=O)(=O)c3ccccc32)N(CC)c2ccccc21. The topological polar surface area (TPSA) is 76.8 Å². The molecule has 2 heterocycles. The van der Waals surface area contributed by atoms with Gasteiger partial charge < -0.3 is 9.80 Å². The van der Waals surface area contributed by atoms with Crippen molar-refractivity contribution in [3.05, 3.63) is 78.1 Å². The molecule has 2 aromatic rings. The summed E-state index contributed by atoms with van der Waals surface area (Å²) >= 11 is 0. The number of anilines is 2. The molecule has 0 N–H and O–H groups in total. The minimum Gasteiger partial charge on any atom is -0.325 e. The Kier molecular flexibility index (Phi) is 4.28. The van der Waals surface area contributed by atoms with E-state index in [0.717, 1.165) is 11.4 Å². The average Bonchev–Trinajstić information content (AvgIpc) is 3.16. The van der Waals surface area contributed by atoms with E-state index in [1.165, 1.54) is 6.07 Å². The molecule has 0 spiro atoms. The van der Waals surface area contributed by atoms with E-state index in [0.29, 0.717) is 24.5 Å². The lowest BCUT2D eigenvalue weighted by Gasteiger charge is -2.25. The minimum atomic E-state index is -3.82. The second-order valence-electron chi connectivity index (χ2n) is 6.35. The Morgan fingerprint density at radius 2 is 1.79 bits per heavy atom. The maximum absolute atomic E-state index is 12.5. The van der Waals surface area contributed by atoms with Crippen LogP contribution < -0.4 is 9.80 Å². The van der Waals surface area contributed by atoms with Crippen LogP contribution in [0.15, 0.2) is 81.9 Å². The monoisotopic (exact) mass is 390 g/mol. The number of nitriles is 1. The summed E-state index contributed by atoms with van der Waals surface area (Å²) in [6.07, 6.45) is 1.76. The van der Waals surface area contributed by atoms with Crippen LogP contribution in [0.5, 0.6) is 0 Å². The van der Waals surface area contributed by atoms with Gasteiger partial charge in [-0.1, -0.05) is 36.4 Å². The molecular formula is C21H18N4O2S. The first-order chi connectivity index (χ1) is 13.5. The Labute approximate surface area is 164 Å².